The fourth-order valence-electron chi connectivity index (χ4n) is 7.04. The number of nitrogens with one attached hydrogen (secondary N) is 1. The van der Waals surface area contributed by atoms with Crippen LogP contribution in [0.25, 0.3) is 11.2 Å². The standard InChI is InChI=1S/C28H37N7O2/c1-18-25(29)28(17-37-18)9-12-34(13-10-28)23-16-30-24-26(31-23)32-33-27(24)35-11-3-5-21-20(4-2-6-22(21)35)19-7-14-36-15-8-19/h2,4,6,16,18-19,25H,3,5,7-15,17,29H2,1H3,(H,31,32,33)/t18-,25+/m0/s1. The van der Waals surface area contributed by atoms with Gasteiger partial charge in [0.05, 0.1) is 18.9 Å². The van der Waals surface area contributed by atoms with Crippen molar-refractivity contribution < 1.29 is 9.47 Å². The number of rotatable bonds is 3. The van der Waals surface area contributed by atoms with E-state index < -0.39 is 0 Å². The Morgan fingerprint density at radius 1 is 1.14 bits per heavy atom. The smallest absolute Gasteiger partial charge is 0.183 e. The molecule has 0 amide bonds. The quantitative estimate of drug-likeness (QED) is 0.558. The molecular weight excluding hydrogens is 466 g/mol. The molecule has 0 aliphatic carbocycles. The van der Waals surface area contributed by atoms with Gasteiger partial charge in [-0.05, 0) is 68.6 Å². The van der Waals surface area contributed by atoms with E-state index in [0.29, 0.717) is 5.92 Å². The lowest BCUT2D eigenvalue weighted by Crippen LogP contribution is -2.50. The number of nitrogens with zero attached hydrogens (tertiary/aromatic N) is 5. The van der Waals surface area contributed by atoms with Crippen molar-refractivity contribution >= 4 is 28.5 Å². The van der Waals surface area contributed by atoms with Crippen LogP contribution in [0.2, 0.25) is 0 Å². The second-order valence-corrected chi connectivity index (χ2v) is 11.4. The van der Waals surface area contributed by atoms with Gasteiger partial charge in [-0.1, -0.05) is 12.1 Å². The molecule has 37 heavy (non-hydrogen) atoms. The first kappa shape index (κ1) is 23.4. The highest BCUT2D eigenvalue weighted by Gasteiger charge is 2.47. The number of aromatic amines is 1. The Labute approximate surface area is 217 Å². The SMILES string of the molecule is C[C@@H]1OCC2(CCN(c3cnc4c(N5CCCc6c(C7CCOCC7)cccc65)n[nH]c4n3)CC2)[C@@H]1N. The first-order chi connectivity index (χ1) is 18.1. The Kier molecular flexibility index (Phi) is 5.82. The molecule has 1 aromatic carbocycles. The zero-order valence-electron chi connectivity index (χ0n) is 21.7. The number of nitrogens with two attached hydrogens (primary N) is 1. The number of anilines is 3. The number of benzene rings is 1. The van der Waals surface area contributed by atoms with E-state index in [0.717, 1.165) is 101 Å². The van der Waals surface area contributed by atoms with Gasteiger partial charge in [-0.2, -0.15) is 5.10 Å². The van der Waals surface area contributed by atoms with Gasteiger partial charge >= 0.3 is 0 Å². The summed E-state index contributed by atoms with van der Waals surface area (Å²) in [5.74, 6) is 2.36. The highest BCUT2D eigenvalue weighted by molar-refractivity contribution is 5.88. The van der Waals surface area contributed by atoms with E-state index in [9.17, 15) is 0 Å². The number of hydrogen-bond acceptors (Lipinski definition) is 8. The highest BCUT2D eigenvalue weighted by Crippen LogP contribution is 2.43. The molecule has 7 rings (SSSR count). The lowest BCUT2D eigenvalue weighted by molar-refractivity contribution is 0.0851. The molecule has 196 valence electrons. The maximum absolute atomic E-state index is 6.51. The fourth-order valence-corrected chi connectivity index (χ4v) is 7.04. The molecule has 2 aromatic heterocycles. The minimum absolute atomic E-state index is 0.0970. The maximum atomic E-state index is 6.51. The number of H-pyrrole nitrogens is 1. The highest BCUT2D eigenvalue weighted by atomic mass is 16.5. The van der Waals surface area contributed by atoms with Gasteiger partial charge in [0.25, 0.3) is 0 Å². The Bertz CT molecular complexity index is 1280. The largest absolute Gasteiger partial charge is 0.381 e. The molecule has 0 saturated carbocycles. The summed E-state index contributed by atoms with van der Waals surface area (Å²) in [5.41, 5.74) is 12.4. The Balaban J connectivity index is 1.14. The molecular formula is C28H37N7O2. The zero-order valence-corrected chi connectivity index (χ0v) is 21.7. The van der Waals surface area contributed by atoms with E-state index in [4.69, 9.17) is 30.3 Å². The van der Waals surface area contributed by atoms with E-state index in [1.807, 2.05) is 6.20 Å². The molecule has 9 heteroatoms. The average Bonchev–Trinajstić information content (AvgIpc) is 3.50. The third-order valence-corrected chi connectivity index (χ3v) is 9.37. The lowest BCUT2D eigenvalue weighted by atomic mass is 9.73. The summed E-state index contributed by atoms with van der Waals surface area (Å²) in [5, 5.41) is 7.91. The van der Waals surface area contributed by atoms with Gasteiger partial charge in [0, 0.05) is 50.0 Å². The van der Waals surface area contributed by atoms with Crippen LogP contribution < -0.4 is 15.5 Å². The summed E-state index contributed by atoms with van der Waals surface area (Å²) in [6.45, 7) is 7.34. The van der Waals surface area contributed by atoms with Crippen molar-refractivity contribution in [2.24, 2.45) is 11.1 Å². The summed E-state index contributed by atoms with van der Waals surface area (Å²) in [4.78, 5) is 14.5. The second kappa shape index (κ2) is 9.22. The van der Waals surface area contributed by atoms with Crippen molar-refractivity contribution in [3.63, 3.8) is 0 Å². The molecule has 0 bridgehead atoms. The van der Waals surface area contributed by atoms with Crippen molar-refractivity contribution in [2.75, 3.05) is 49.3 Å². The second-order valence-electron chi connectivity index (χ2n) is 11.4. The van der Waals surface area contributed by atoms with E-state index in [2.05, 4.69) is 40.0 Å². The van der Waals surface area contributed by atoms with Gasteiger partial charge in [-0.25, -0.2) is 9.97 Å². The zero-order chi connectivity index (χ0) is 25.0. The van der Waals surface area contributed by atoms with Gasteiger partial charge in [0.2, 0.25) is 0 Å². The fraction of sp³-hybridized carbons (Fsp3) is 0.607. The predicted octanol–water partition coefficient (Wildman–Crippen LogP) is 3.66. The van der Waals surface area contributed by atoms with E-state index in [1.54, 1.807) is 0 Å². The van der Waals surface area contributed by atoms with Crippen molar-refractivity contribution in [3.05, 3.63) is 35.5 Å². The average molecular weight is 504 g/mol. The van der Waals surface area contributed by atoms with Crippen molar-refractivity contribution in [2.45, 2.75) is 63.5 Å². The number of ether oxygens (including phenoxy) is 2. The van der Waals surface area contributed by atoms with Crippen LogP contribution >= 0.6 is 0 Å². The van der Waals surface area contributed by atoms with E-state index >= 15 is 0 Å². The van der Waals surface area contributed by atoms with Crippen molar-refractivity contribution in [3.8, 4) is 0 Å². The summed E-state index contributed by atoms with van der Waals surface area (Å²) >= 11 is 0. The van der Waals surface area contributed by atoms with E-state index in [-0.39, 0.29) is 17.6 Å². The molecule has 2 atom stereocenters. The van der Waals surface area contributed by atoms with Gasteiger partial charge in [0.15, 0.2) is 17.0 Å². The third-order valence-electron chi connectivity index (χ3n) is 9.37. The van der Waals surface area contributed by atoms with Crippen LogP contribution in [0.3, 0.4) is 0 Å². The molecule has 0 radical (unpaired) electrons. The molecule has 1 spiro atoms. The Morgan fingerprint density at radius 2 is 1.97 bits per heavy atom. The summed E-state index contributed by atoms with van der Waals surface area (Å²) in [6.07, 6.45) is 8.51. The minimum Gasteiger partial charge on any atom is -0.381 e. The normalized spacial score (nSPS) is 26.2. The molecule has 3 aromatic rings. The van der Waals surface area contributed by atoms with Crippen LogP contribution in [-0.4, -0.2) is 71.8 Å². The number of aromatic nitrogens is 4. The van der Waals surface area contributed by atoms with Crippen LogP contribution in [-0.2, 0) is 15.9 Å². The summed E-state index contributed by atoms with van der Waals surface area (Å²) in [6, 6.07) is 6.87. The first-order valence-corrected chi connectivity index (χ1v) is 13.9. The van der Waals surface area contributed by atoms with Crippen LogP contribution in [0.5, 0.6) is 0 Å². The molecule has 3 saturated heterocycles. The maximum Gasteiger partial charge on any atom is 0.183 e. The van der Waals surface area contributed by atoms with Crippen molar-refractivity contribution in [1.82, 2.24) is 20.2 Å². The van der Waals surface area contributed by atoms with Crippen LogP contribution in [0, 0.1) is 5.41 Å². The van der Waals surface area contributed by atoms with E-state index in [1.165, 1.54) is 16.8 Å². The number of piperidine rings is 1. The van der Waals surface area contributed by atoms with Gasteiger partial charge in [0.1, 0.15) is 5.82 Å². The Hall–Kier alpha value is -2.75. The molecule has 3 fully saturated rings. The number of fused-ring (bicyclic) bond motifs is 2. The molecule has 3 N–H and O–H groups in total. The molecule has 9 nitrogen and oxygen atoms in total. The van der Waals surface area contributed by atoms with Crippen molar-refractivity contribution in [1.29, 1.82) is 0 Å². The van der Waals surface area contributed by atoms with Crippen LogP contribution in [0.15, 0.2) is 24.4 Å². The topological polar surface area (TPSA) is 105 Å². The molecule has 0 unspecified atom stereocenters. The van der Waals surface area contributed by atoms with Crippen LogP contribution in [0.4, 0.5) is 17.3 Å². The predicted molar refractivity (Wildman–Crippen MR) is 144 cm³/mol. The third kappa shape index (κ3) is 3.90. The van der Waals surface area contributed by atoms with Gasteiger partial charge < -0.3 is 25.0 Å². The Morgan fingerprint density at radius 3 is 2.76 bits per heavy atom. The monoisotopic (exact) mass is 503 g/mol. The van der Waals surface area contributed by atoms with Gasteiger partial charge in [-0.15, -0.1) is 0 Å². The number of hydrogen-bond donors (Lipinski definition) is 2. The van der Waals surface area contributed by atoms with Crippen LogP contribution in [0.1, 0.15) is 56.1 Å². The summed E-state index contributed by atoms with van der Waals surface area (Å²) < 4.78 is 11.5. The first-order valence-electron chi connectivity index (χ1n) is 13.9. The minimum atomic E-state index is 0.0970. The lowest BCUT2D eigenvalue weighted by Gasteiger charge is -2.41. The van der Waals surface area contributed by atoms with Gasteiger partial charge in [-0.3, -0.25) is 5.10 Å². The summed E-state index contributed by atoms with van der Waals surface area (Å²) in [7, 11) is 0. The molecule has 4 aliphatic heterocycles. The molecule has 6 heterocycles. The molecule has 4 aliphatic rings.